The van der Waals surface area contributed by atoms with E-state index in [1.807, 2.05) is 73.1 Å². The van der Waals surface area contributed by atoms with E-state index in [2.05, 4.69) is 46.7 Å². The molecule has 3 atom stereocenters. The van der Waals surface area contributed by atoms with Gasteiger partial charge in [0.1, 0.15) is 16.8 Å². The van der Waals surface area contributed by atoms with Gasteiger partial charge in [0, 0.05) is 40.5 Å². The fourth-order valence-corrected chi connectivity index (χ4v) is 8.31. The molecule has 8 heteroatoms. The molecule has 8 rings (SSSR count). The largest absolute Gasteiger partial charge is 0.882 e. The first-order valence-corrected chi connectivity index (χ1v) is 18.6. The Labute approximate surface area is 294 Å². The summed E-state index contributed by atoms with van der Waals surface area (Å²) in [5, 5.41) is 6.79. The van der Waals surface area contributed by atoms with Crippen LogP contribution < -0.4 is 22.5 Å². The Kier molecular flexibility index (Phi) is 9.70. The second-order valence-electron chi connectivity index (χ2n) is 13.3. The number of benzene rings is 3. The summed E-state index contributed by atoms with van der Waals surface area (Å²) in [5.74, 6) is 4.81. The molecule has 7 nitrogen and oxygen atoms in total. The predicted molar refractivity (Wildman–Crippen MR) is 194 cm³/mol. The van der Waals surface area contributed by atoms with Crippen LogP contribution in [0.3, 0.4) is 0 Å². The van der Waals surface area contributed by atoms with Gasteiger partial charge in [-0.3, -0.25) is 9.97 Å². The molecule has 3 aromatic heterocycles. The lowest BCUT2D eigenvalue weighted by molar-refractivity contribution is -0.854. The first-order valence-electron chi connectivity index (χ1n) is 17.7. The van der Waals surface area contributed by atoms with E-state index >= 15 is 0 Å². The summed E-state index contributed by atoms with van der Waals surface area (Å²) in [4.78, 5) is 15.8. The number of hydrogen-bond acceptors (Lipinski definition) is 6. The minimum Gasteiger partial charge on any atom is -0.614 e. The van der Waals surface area contributed by atoms with Gasteiger partial charge in [-0.1, -0.05) is 67.8 Å². The summed E-state index contributed by atoms with van der Waals surface area (Å²) in [5.41, 5.74) is 3.69. The lowest BCUT2D eigenvalue weighted by atomic mass is 9.88. The Morgan fingerprint density at radius 2 is 1.51 bits per heavy atom. The fraction of sp³-hybridized carbons (Fsp3) is 0.293. The van der Waals surface area contributed by atoms with Crippen LogP contribution in [0.15, 0.2) is 116 Å². The summed E-state index contributed by atoms with van der Waals surface area (Å²) in [6, 6.07) is 28.2. The van der Waals surface area contributed by atoms with Crippen LogP contribution >= 0.6 is 0 Å². The van der Waals surface area contributed by atoms with Crippen molar-refractivity contribution in [2.75, 3.05) is 6.54 Å². The molecular formula is C41H41AlN4O3+. The van der Waals surface area contributed by atoms with Crippen LogP contribution in [0.1, 0.15) is 50.5 Å². The normalized spacial score (nSPS) is 18.0. The molecule has 1 saturated carbocycles. The Balaban J connectivity index is 0.902. The predicted octanol–water partition coefficient (Wildman–Crippen LogP) is 8.31. The summed E-state index contributed by atoms with van der Waals surface area (Å²) >= 11 is -0.855. The van der Waals surface area contributed by atoms with Crippen LogP contribution in [0.25, 0.3) is 32.7 Å². The van der Waals surface area contributed by atoms with E-state index in [-0.39, 0.29) is 0 Å². The minimum absolute atomic E-state index is 0.682. The highest BCUT2D eigenvalue weighted by atomic mass is 27.2. The molecule has 2 aliphatic carbocycles. The maximum Gasteiger partial charge on any atom is 0.882 e. The molecule has 1 radical (unpaired) electrons. The van der Waals surface area contributed by atoms with E-state index in [4.69, 9.17) is 17.4 Å². The second kappa shape index (κ2) is 15.0. The number of pyridine rings is 3. The highest BCUT2D eigenvalue weighted by molar-refractivity contribution is 6.21. The van der Waals surface area contributed by atoms with Gasteiger partial charge in [0.05, 0.1) is 5.39 Å². The molecule has 49 heavy (non-hydrogen) atoms. The van der Waals surface area contributed by atoms with Crippen LogP contribution in [0.5, 0.6) is 17.2 Å². The topological polar surface area (TPSA) is 69.4 Å². The zero-order valence-corrected chi connectivity index (χ0v) is 28.9. The minimum atomic E-state index is -0.855. The third-order valence-corrected chi connectivity index (χ3v) is 10.8. The fourth-order valence-electron chi connectivity index (χ4n) is 7.68. The highest BCUT2D eigenvalue weighted by Gasteiger charge is 2.34. The number of nitrogens with one attached hydrogen (secondary N) is 1. The quantitative estimate of drug-likeness (QED) is 0.0516. The number of fused-ring (bicyclic) bond motifs is 5. The molecule has 3 unspecified atom stereocenters. The average Bonchev–Trinajstić information content (AvgIpc) is 3.78. The van der Waals surface area contributed by atoms with Crippen molar-refractivity contribution in [2.24, 2.45) is 17.8 Å². The van der Waals surface area contributed by atoms with Crippen molar-refractivity contribution in [2.45, 2.75) is 51.5 Å². The first-order chi connectivity index (χ1) is 24.3. The maximum absolute atomic E-state index is 6.56. The summed E-state index contributed by atoms with van der Waals surface area (Å²) < 4.78 is 14.2. The zero-order chi connectivity index (χ0) is 32.8. The van der Waals surface area contributed by atoms with E-state index in [0.29, 0.717) is 17.2 Å². The molecule has 1 N–H and O–H groups in total. The molecule has 1 fully saturated rings. The van der Waals surface area contributed by atoms with Gasteiger partial charge in [-0.15, -0.1) is 0 Å². The number of allylic oxidation sites excluding steroid dienone is 2. The van der Waals surface area contributed by atoms with Crippen molar-refractivity contribution in [3.8, 4) is 17.2 Å². The second-order valence-corrected chi connectivity index (χ2v) is 14.0. The number of rotatable bonds is 15. The first kappa shape index (κ1) is 31.8. The third-order valence-electron chi connectivity index (χ3n) is 10.1. The average molecular weight is 665 g/mol. The standard InChI is InChI=1S/C32H35N3O2.C9H7NO.Al/c36-29-12-5-9-24-10-7-19-35(32(24)29)37-30-16-15-27(28-11-6-18-34-31(28)30)22-33-17-4-2-1-3-8-25-20-23-13-14-26(25)21-23;11-8-5-1-3-7-4-2-6-10-9(7)8;/h5-7,9-16,18-19,23,25-26,33H,1-4,8,17,20-22H2;1-6,11H;/q;;+2/p-1. The van der Waals surface area contributed by atoms with Crippen LogP contribution in [0, 0.1) is 17.8 Å². The van der Waals surface area contributed by atoms with E-state index in [1.54, 1.807) is 10.9 Å². The number of aromatic nitrogens is 3. The van der Waals surface area contributed by atoms with Gasteiger partial charge in [0.15, 0.2) is 5.75 Å². The molecule has 0 aliphatic heterocycles. The molecule has 6 aromatic rings. The molecule has 245 valence electrons. The monoisotopic (exact) mass is 664 g/mol. The van der Waals surface area contributed by atoms with Gasteiger partial charge in [-0.2, -0.15) is 0 Å². The number of para-hydroxylation sites is 2. The third kappa shape index (κ3) is 7.14. The molecule has 0 amide bonds. The van der Waals surface area contributed by atoms with Crippen LogP contribution in [-0.2, 0) is 6.54 Å². The van der Waals surface area contributed by atoms with E-state index in [1.165, 1.54) is 50.5 Å². The Morgan fingerprint density at radius 3 is 2.41 bits per heavy atom. The molecule has 2 bridgehead atoms. The van der Waals surface area contributed by atoms with Crippen molar-refractivity contribution >= 4 is 48.6 Å². The van der Waals surface area contributed by atoms with Crippen LogP contribution in [0.2, 0.25) is 0 Å². The molecule has 0 saturated heterocycles. The Morgan fingerprint density at radius 1 is 0.714 bits per heavy atom. The van der Waals surface area contributed by atoms with Gasteiger partial charge < -0.3 is 12.9 Å². The van der Waals surface area contributed by atoms with E-state index in [0.717, 1.165) is 63.6 Å². The van der Waals surface area contributed by atoms with E-state index in [9.17, 15) is 0 Å². The maximum atomic E-state index is 6.56. The summed E-state index contributed by atoms with van der Waals surface area (Å²) in [7, 11) is 0. The van der Waals surface area contributed by atoms with E-state index < -0.39 is 15.9 Å². The van der Waals surface area contributed by atoms with Crippen LogP contribution in [0.4, 0.5) is 0 Å². The van der Waals surface area contributed by atoms with Crippen molar-refractivity contribution in [1.29, 1.82) is 0 Å². The van der Waals surface area contributed by atoms with Gasteiger partial charge >= 0.3 is 21.4 Å². The Bertz CT molecular complexity index is 2090. The van der Waals surface area contributed by atoms with Gasteiger partial charge in [0.2, 0.25) is 11.9 Å². The Hall–Kier alpha value is -4.48. The highest BCUT2D eigenvalue weighted by Crippen LogP contribution is 2.45. The van der Waals surface area contributed by atoms with Gasteiger partial charge in [0.25, 0.3) is 0 Å². The van der Waals surface area contributed by atoms with Crippen molar-refractivity contribution in [3.05, 3.63) is 121 Å². The molecule has 3 aromatic carbocycles. The molecule has 3 heterocycles. The van der Waals surface area contributed by atoms with Crippen molar-refractivity contribution < 1.29 is 17.1 Å². The van der Waals surface area contributed by atoms with Gasteiger partial charge in [-0.25, -0.2) is 4.84 Å². The van der Waals surface area contributed by atoms with Crippen LogP contribution in [-0.4, -0.2) is 32.4 Å². The number of hydrogen-bond donors (Lipinski definition) is 1. The van der Waals surface area contributed by atoms with Gasteiger partial charge in [-0.05, 0) is 98.0 Å². The number of nitrogens with zero attached hydrogens (tertiary/aromatic N) is 3. The summed E-state index contributed by atoms with van der Waals surface area (Å²) in [6.07, 6.45) is 19.9. The lowest BCUT2D eigenvalue weighted by Gasteiger charge is -2.17. The lowest BCUT2D eigenvalue weighted by Crippen LogP contribution is -2.40. The SMILES string of the molecule is C1=CC2CC1CC2CCCCCCNCc1ccc(O[n+]2cccc3cccc([O][Al][O]c4cccc5cccnc45)c32)c2ncccc12. The smallest absolute Gasteiger partial charge is 0.614 e. The summed E-state index contributed by atoms with van der Waals surface area (Å²) in [6.45, 7) is 1.82. The molecule has 2 aliphatic rings. The molecular weight excluding hydrogens is 623 g/mol. The van der Waals surface area contributed by atoms with Crippen molar-refractivity contribution in [3.63, 3.8) is 0 Å². The van der Waals surface area contributed by atoms with Crippen molar-refractivity contribution in [1.82, 2.24) is 15.3 Å². The number of unbranched alkanes of at least 4 members (excludes halogenated alkanes) is 3. The zero-order valence-electron chi connectivity index (χ0n) is 27.7. The molecule has 0 spiro atoms.